The number of hydrogen-bond donors (Lipinski definition) is 1. The number of nitrogens with one attached hydrogen (secondary N) is 1. The van der Waals surface area contributed by atoms with E-state index in [-0.39, 0.29) is 24.7 Å². The van der Waals surface area contributed by atoms with Crippen molar-refractivity contribution >= 4 is 17.5 Å². The molecule has 2 bridgehead atoms. The normalized spacial score (nSPS) is 29.5. The fourth-order valence-electron chi connectivity index (χ4n) is 5.18. The molecule has 0 radical (unpaired) electrons. The van der Waals surface area contributed by atoms with E-state index in [1.54, 1.807) is 18.2 Å². The van der Waals surface area contributed by atoms with E-state index in [9.17, 15) is 9.59 Å². The molecule has 7 nitrogen and oxygen atoms in total. The molecule has 2 saturated heterocycles. The van der Waals surface area contributed by atoms with Crippen LogP contribution in [0, 0.1) is 11.8 Å². The van der Waals surface area contributed by atoms with Crippen LogP contribution in [0.25, 0.3) is 0 Å². The lowest BCUT2D eigenvalue weighted by atomic mass is 9.77. The van der Waals surface area contributed by atoms with Crippen molar-refractivity contribution in [2.24, 2.45) is 11.8 Å². The maximum atomic E-state index is 13.3. The number of carbonyl (C=O) groups is 2. The van der Waals surface area contributed by atoms with Crippen LogP contribution < -0.4 is 14.8 Å². The molecule has 0 saturated carbocycles. The van der Waals surface area contributed by atoms with Crippen LogP contribution >= 0.6 is 0 Å². The van der Waals surface area contributed by atoms with Gasteiger partial charge in [0.15, 0.2) is 11.5 Å². The molecule has 4 heterocycles. The Kier molecular flexibility index (Phi) is 4.08. The van der Waals surface area contributed by atoms with Crippen LogP contribution in [0.3, 0.4) is 0 Å². The second kappa shape index (κ2) is 6.85. The molecule has 0 aliphatic carbocycles. The van der Waals surface area contributed by atoms with Gasteiger partial charge < -0.3 is 24.4 Å². The number of carbonyl (C=O) groups excluding carboxylic acids is 2. The first kappa shape index (κ1) is 18.4. The summed E-state index contributed by atoms with van der Waals surface area (Å²) in [6, 6.07) is 15.4. The maximum absolute atomic E-state index is 13.3. The van der Waals surface area contributed by atoms with Gasteiger partial charge in [-0.25, -0.2) is 0 Å². The number of anilines is 1. The summed E-state index contributed by atoms with van der Waals surface area (Å²) in [5.41, 5.74) is 1.10. The lowest BCUT2D eigenvalue weighted by Gasteiger charge is -2.23. The highest BCUT2D eigenvalue weighted by atomic mass is 16.7. The van der Waals surface area contributed by atoms with Crippen molar-refractivity contribution in [3.8, 4) is 11.5 Å². The quantitative estimate of drug-likeness (QED) is 0.755. The van der Waals surface area contributed by atoms with Gasteiger partial charge in [0, 0.05) is 18.3 Å². The summed E-state index contributed by atoms with van der Waals surface area (Å²) >= 11 is 0. The Morgan fingerprint density at radius 2 is 1.97 bits per heavy atom. The molecule has 2 aromatic rings. The summed E-state index contributed by atoms with van der Waals surface area (Å²) < 4.78 is 16.9. The summed E-state index contributed by atoms with van der Waals surface area (Å²) in [4.78, 5) is 28.4. The first-order valence-corrected chi connectivity index (χ1v) is 10.5. The topological polar surface area (TPSA) is 77.1 Å². The number of benzene rings is 2. The Balaban J connectivity index is 1.19. The summed E-state index contributed by atoms with van der Waals surface area (Å²) in [7, 11) is 0. The summed E-state index contributed by atoms with van der Waals surface area (Å²) in [6.45, 7) is 1.28. The molecule has 0 unspecified atom stereocenters. The molecule has 31 heavy (non-hydrogen) atoms. The van der Waals surface area contributed by atoms with Crippen molar-refractivity contribution in [3.05, 3.63) is 66.2 Å². The molecule has 6 rings (SSSR count). The van der Waals surface area contributed by atoms with Crippen molar-refractivity contribution in [2.45, 2.75) is 18.1 Å². The fraction of sp³-hybridized carbons (Fsp3) is 0.333. The van der Waals surface area contributed by atoms with E-state index in [0.717, 1.165) is 6.42 Å². The predicted molar refractivity (Wildman–Crippen MR) is 112 cm³/mol. The van der Waals surface area contributed by atoms with E-state index in [2.05, 4.69) is 17.4 Å². The van der Waals surface area contributed by atoms with Crippen molar-refractivity contribution in [3.63, 3.8) is 0 Å². The van der Waals surface area contributed by atoms with Gasteiger partial charge in [0.1, 0.15) is 5.60 Å². The Morgan fingerprint density at radius 1 is 1.13 bits per heavy atom. The number of amides is 2. The van der Waals surface area contributed by atoms with E-state index in [1.807, 2.05) is 35.3 Å². The molecular formula is C24H22N2O5. The number of fused-ring (bicyclic) bond motifs is 2. The number of ether oxygens (including phenoxy) is 3. The molecule has 158 valence electrons. The largest absolute Gasteiger partial charge is 0.454 e. The van der Waals surface area contributed by atoms with Crippen LogP contribution in [0.2, 0.25) is 0 Å². The van der Waals surface area contributed by atoms with Gasteiger partial charge in [-0.05, 0) is 24.1 Å². The number of hydrogen-bond acceptors (Lipinski definition) is 5. The van der Waals surface area contributed by atoms with Gasteiger partial charge >= 0.3 is 0 Å². The highest BCUT2D eigenvalue weighted by Gasteiger charge is 2.66. The van der Waals surface area contributed by atoms with Crippen molar-refractivity contribution in [1.82, 2.24) is 4.90 Å². The number of rotatable bonds is 5. The minimum Gasteiger partial charge on any atom is -0.454 e. The average molecular weight is 418 g/mol. The van der Waals surface area contributed by atoms with Crippen LogP contribution in [0.15, 0.2) is 60.7 Å². The van der Waals surface area contributed by atoms with Gasteiger partial charge in [0.05, 0.1) is 24.5 Å². The summed E-state index contributed by atoms with van der Waals surface area (Å²) in [5.74, 6) is -0.00513. The SMILES string of the molecule is O=C(Nc1ccc2c(c1)OCO2)[C@H]1[C@H]2C(=O)N(CCc3ccccc3)C[C@@]23C=C[C@H]1O3. The monoisotopic (exact) mass is 418 g/mol. The molecule has 2 aromatic carbocycles. The molecular weight excluding hydrogens is 396 g/mol. The number of nitrogens with zero attached hydrogens (tertiary/aromatic N) is 1. The lowest BCUT2D eigenvalue weighted by molar-refractivity contribution is -0.135. The third kappa shape index (κ3) is 2.91. The third-order valence-electron chi connectivity index (χ3n) is 6.63. The highest BCUT2D eigenvalue weighted by molar-refractivity contribution is 5.99. The van der Waals surface area contributed by atoms with Crippen molar-refractivity contribution < 1.29 is 23.8 Å². The van der Waals surface area contributed by atoms with Gasteiger partial charge in [-0.1, -0.05) is 42.5 Å². The maximum Gasteiger partial charge on any atom is 0.231 e. The van der Waals surface area contributed by atoms with Crippen LogP contribution in [0.4, 0.5) is 5.69 Å². The first-order chi connectivity index (χ1) is 15.1. The van der Waals surface area contributed by atoms with Gasteiger partial charge in [-0.15, -0.1) is 0 Å². The zero-order chi connectivity index (χ0) is 21.0. The third-order valence-corrected chi connectivity index (χ3v) is 6.63. The van der Waals surface area contributed by atoms with Crippen LogP contribution in [-0.2, 0) is 20.7 Å². The summed E-state index contributed by atoms with van der Waals surface area (Å²) in [5, 5.41) is 2.94. The van der Waals surface area contributed by atoms with Crippen LogP contribution in [-0.4, -0.2) is 48.3 Å². The standard InChI is InChI=1S/C24H22N2O5/c27-22(25-16-6-7-17-19(12-16)30-14-29-17)20-18-8-10-24(31-18)13-26(23(28)21(20)24)11-9-15-4-2-1-3-5-15/h1-8,10,12,18,20-21H,9,11,13-14H2,(H,25,27)/t18-,20-,21+,24+/m1/s1. The average Bonchev–Trinajstić information content (AvgIpc) is 3.53. The molecule has 4 atom stereocenters. The summed E-state index contributed by atoms with van der Waals surface area (Å²) in [6.07, 6.45) is 4.30. The van der Waals surface area contributed by atoms with Crippen LogP contribution in [0.5, 0.6) is 11.5 Å². The van der Waals surface area contributed by atoms with E-state index in [0.29, 0.717) is 30.3 Å². The molecule has 4 aliphatic heterocycles. The van der Waals surface area contributed by atoms with E-state index < -0.39 is 17.4 Å². The first-order valence-electron chi connectivity index (χ1n) is 10.5. The predicted octanol–water partition coefficient (Wildman–Crippen LogP) is 2.38. The second-order valence-corrected chi connectivity index (χ2v) is 8.45. The molecule has 7 heteroatoms. The minimum absolute atomic E-state index is 0.00591. The Labute approximate surface area is 179 Å². The lowest BCUT2D eigenvalue weighted by Crippen LogP contribution is -2.41. The minimum atomic E-state index is -0.699. The highest BCUT2D eigenvalue weighted by Crippen LogP contribution is 2.52. The van der Waals surface area contributed by atoms with Gasteiger partial charge in [-0.2, -0.15) is 0 Å². The van der Waals surface area contributed by atoms with Crippen molar-refractivity contribution in [1.29, 1.82) is 0 Å². The molecule has 2 amide bonds. The van der Waals surface area contributed by atoms with Crippen molar-refractivity contribution in [2.75, 3.05) is 25.2 Å². The smallest absolute Gasteiger partial charge is 0.231 e. The molecule has 4 aliphatic rings. The van der Waals surface area contributed by atoms with Crippen LogP contribution in [0.1, 0.15) is 5.56 Å². The van der Waals surface area contributed by atoms with Gasteiger partial charge in [0.25, 0.3) is 0 Å². The van der Waals surface area contributed by atoms with E-state index in [4.69, 9.17) is 14.2 Å². The number of likely N-dealkylation sites (tertiary alicyclic amines) is 1. The molecule has 2 fully saturated rings. The zero-order valence-corrected chi connectivity index (χ0v) is 16.8. The van der Waals surface area contributed by atoms with Gasteiger partial charge in [-0.3, -0.25) is 9.59 Å². The Morgan fingerprint density at radius 3 is 2.84 bits per heavy atom. The Bertz CT molecular complexity index is 1080. The second-order valence-electron chi connectivity index (χ2n) is 8.45. The molecule has 1 N–H and O–H groups in total. The van der Waals surface area contributed by atoms with Gasteiger partial charge in [0.2, 0.25) is 18.6 Å². The fourth-order valence-corrected chi connectivity index (χ4v) is 5.18. The molecule has 1 spiro atoms. The van der Waals surface area contributed by atoms with E-state index >= 15 is 0 Å². The zero-order valence-electron chi connectivity index (χ0n) is 16.8. The molecule has 0 aromatic heterocycles. The van der Waals surface area contributed by atoms with E-state index in [1.165, 1.54) is 5.56 Å². The Hall–Kier alpha value is -3.32.